The molecule has 0 fully saturated rings. The van der Waals surface area contributed by atoms with Gasteiger partial charge in [-0.2, -0.15) is 0 Å². The highest BCUT2D eigenvalue weighted by Crippen LogP contribution is 2.31. The Hall–Kier alpha value is -3.00. The number of nitrogens with one attached hydrogen (secondary N) is 2. The molecule has 0 bridgehead atoms. The number of aromatic amines is 1. The Kier molecular flexibility index (Phi) is 4.72. The number of aromatic nitrogens is 3. The van der Waals surface area contributed by atoms with Gasteiger partial charge in [0.05, 0.1) is 5.52 Å². The molecule has 0 atom stereocenters. The van der Waals surface area contributed by atoms with Gasteiger partial charge in [-0.3, -0.25) is 4.98 Å². The Morgan fingerprint density at radius 2 is 2.22 bits per heavy atom. The van der Waals surface area contributed by atoms with Crippen molar-refractivity contribution in [1.82, 2.24) is 19.9 Å². The quantitative estimate of drug-likeness (QED) is 0.395. The van der Waals surface area contributed by atoms with Crippen molar-refractivity contribution in [2.24, 2.45) is 0 Å². The number of para-hydroxylation sites is 1. The summed E-state index contributed by atoms with van der Waals surface area (Å²) in [4.78, 5) is 23.9. The number of hydrogen-bond donors (Lipinski definition) is 2. The predicted octanol–water partition coefficient (Wildman–Crippen LogP) is 2.90. The zero-order valence-corrected chi connectivity index (χ0v) is 15.2. The molecule has 0 saturated carbocycles. The van der Waals surface area contributed by atoms with E-state index in [2.05, 4.69) is 39.4 Å². The fraction of sp³-hybridized carbons (Fsp3) is 0.368. The van der Waals surface area contributed by atoms with Crippen molar-refractivity contribution in [3.05, 3.63) is 57.5 Å². The van der Waals surface area contributed by atoms with Gasteiger partial charge < -0.3 is 20.3 Å². The molecule has 4 rings (SSSR count). The molecule has 0 unspecified atom stereocenters. The summed E-state index contributed by atoms with van der Waals surface area (Å²) in [6.07, 6.45) is 4.06. The van der Waals surface area contributed by atoms with Crippen LogP contribution in [-0.4, -0.2) is 44.9 Å². The molecule has 3 aromatic rings. The van der Waals surface area contributed by atoms with Gasteiger partial charge in [0.2, 0.25) is 0 Å². The molecule has 0 spiro atoms. The fourth-order valence-corrected chi connectivity index (χ4v) is 3.59. The number of likely N-dealkylation sites (N-methyl/N-ethyl adjacent to an activating group) is 1. The zero-order valence-electron chi connectivity index (χ0n) is 15.2. The van der Waals surface area contributed by atoms with E-state index >= 15 is 0 Å². The van der Waals surface area contributed by atoms with Crippen molar-refractivity contribution < 1.29 is 4.92 Å². The molecule has 140 valence electrons. The van der Waals surface area contributed by atoms with Crippen LogP contribution in [0.4, 0.5) is 11.6 Å². The molecular formula is C19H22N6O2. The normalized spacial score (nSPS) is 14.3. The van der Waals surface area contributed by atoms with Gasteiger partial charge in [0.25, 0.3) is 0 Å². The summed E-state index contributed by atoms with van der Waals surface area (Å²) in [5, 5.41) is 15.4. The first-order valence-corrected chi connectivity index (χ1v) is 9.13. The minimum absolute atomic E-state index is 0.199. The monoisotopic (exact) mass is 366 g/mol. The van der Waals surface area contributed by atoms with Crippen LogP contribution in [-0.2, 0) is 19.4 Å². The highest BCUT2D eigenvalue weighted by molar-refractivity contribution is 5.93. The van der Waals surface area contributed by atoms with Crippen molar-refractivity contribution in [1.29, 1.82) is 0 Å². The number of rotatable bonds is 6. The van der Waals surface area contributed by atoms with Gasteiger partial charge in [-0.1, -0.05) is 23.2 Å². The number of aryl methyl sites for hydroxylation is 1. The van der Waals surface area contributed by atoms with Crippen LogP contribution < -0.4 is 5.32 Å². The second kappa shape index (κ2) is 7.32. The van der Waals surface area contributed by atoms with E-state index in [0.29, 0.717) is 6.42 Å². The molecule has 3 heterocycles. The molecule has 0 amide bonds. The van der Waals surface area contributed by atoms with E-state index in [0.717, 1.165) is 54.8 Å². The lowest BCUT2D eigenvalue weighted by molar-refractivity contribution is -0.393. The predicted molar refractivity (Wildman–Crippen MR) is 104 cm³/mol. The molecule has 27 heavy (non-hydrogen) atoms. The van der Waals surface area contributed by atoms with Crippen molar-refractivity contribution in [3.8, 4) is 0 Å². The number of nitro groups is 1. The number of anilines is 1. The second-order valence-electron chi connectivity index (χ2n) is 6.94. The average Bonchev–Trinajstić information content (AvgIpc) is 3.14. The van der Waals surface area contributed by atoms with Gasteiger partial charge in [0, 0.05) is 54.8 Å². The molecule has 8 nitrogen and oxygen atoms in total. The molecule has 8 heteroatoms. The summed E-state index contributed by atoms with van der Waals surface area (Å²) >= 11 is 0. The van der Waals surface area contributed by atoms with Crippen LogP contribution in [0.25, 0.3) is 10.9 Å². The van der Waals surface area contributed by atoms with Gasteiger partial charge in [0.15, 0.2) is 0 Å². The first-order chi connectivity index (χ1) is 13.1. The number of hydrogen-bond acceptors (Lipinski definition) is 6. The Morgan fingerprint density at radius 3 is 3.04 bits per heavy atom. The van der Waals surface area contributed by atoms with E-state index in [-0.39, 0.29) is 5.95 Å². The SMILES string of the molecule is CN1CCc2nc3ccccc3c(NCCCc3cnc([N+](=O)[O-])[nH]3)c2C1. The smallest absolute Gasteiger partial charge is 0.390 e. The summed E-state index contributed by atoms with van der Waals surface area (Å²) in [7, 11) is 2.13. The van der Waals surface area contributed by atoms with Gasteiger partial charge in [-0.15, -0.1) is 0 Å². The third-order valence-electron chi connectivity index (χ3n) is 4.95. The van der Waals surface area contributed by atoms with E-state index in [4.69, 9.17) is 4.98 Å². The topological polar surface area (TPSA) is 100.0 Å². The zero-order chi connectivity index (χ0) is 18.8. The molecule has 2 N–H and O–H groups in total. The summed E-state index contributed by atoms with van der Waals surface area (Å²) in [5.74, 6) is -0.199. The molecule has 0 radical (unpaired) electrons. The van der Waals surface area contributed by atoms with Gasteiger partial charge in [-0.25, -0.2) is 4.98 Å². The van der Waals surface area contributed by atoms with Crippen LogP contribution in [0, 0.1) is 10.1 Å². The van der Waals surface area contributed by atoms with Crippen LogP contribution in [0.1, 0.15) is 23.4 Å². The van der Waals surface area contributed by atoms with Gasteiger partial charge in [0.1, 0.15) is 11.9 Å². The van der Waals surface area contributed by atoms with E-state index in [1.165, 1.54) is 17.5 Å². The third kappa shape index (κ3) is 3.61. The third-order valence-corrected chi connectivity index (χ3v) is 4.95. The lowest BCUT2D eigenvalue weighted by atomic mass is 10.00. The van der Waals surface area contributed by atoms with Crippen LogP contribution in [0.5, 0.6) is 0 Å². The van der Waals surface area contributed by atoms with Crippen LogP contribution >= 0.6 is 0 Å². The summed E-state index contributed by atoms with van der Waals surface area (Å²) in [6, 6.07) is 8.23. The number of nitrogens with zero attached hydrogens (tertiary/aromatic N) is 4. The lowest BCUT2D eigenvalue weighted by Crippen LogP contribution is -2.28. The minimum Gasteiger partial charge on any atom is -0.390 e. The second-order valence-corrected chi connectivity index (χ2v) is 6.94. The number of fused-ring (bicyclic) bond motifs is 2. The summed E-state index contributed by atoms with van der Waals surface area (Å²) in [6.45, 7) is 2.69. The fourth-order valence-electron chi connectivity index (χ4n) is 3.59. The van der Waals surface area contributed by atoms with Crippen molar-refractivity contribution >= 4 is 22.5 Å². The van der Waals surface area contributed by atoms with Crippen molar-refractivity contribution in [2.45, 2.75) is 25.8 Å². The molecule has 1 aromatic carbocycles. The van der Waals surface area contributed by atoms with Crippen molar-refractivity contribution in [3.63, 3.8) is 0 Å². The minimum atomic E-state index is -0.506. The van der Waals surface area contributed by atoms with Crippen LogP contribution in [0.15, 0.2) is 30.5 Å². The molecule has 1 aliphatic rings. The van der Waals surface area contributed by atoms with E-state index in [9.17, 15) is 10.1 Å². The largest absolute Gasteiger partial charge is 0.432 e. The number of imidazole rings is 1. The first-order valence-electron chi connectivity index (χ1n) is 9.13. The maximum Gasteiger partial charge on any atom is 0.432 e. The Bertz CT molecular complexity index is 983. The highest BCUT2D eigenvalue weighted by Gasteiger charge is 2.20. The van der Waals surface area contributed by atoms with Crippen LogP contribution in [0.3, 0.4) is 0 Å². The van der Waals surface area contributed by atoms with Gasteiger partial charge >= 0.3 is 5.95 Å². The van der Waals surface area contributed by atoms with E-state index in [1.807, 2.05) is 12.1 Å². The number of pyridine rings is 1. The van der Waals surface area contributed by atoms with E-state index in [1.54, 1.807) is 0 Å². The Balaban J connectivity index is 1.50. The molecule has 1 aliphatic heterocycles. The lowest BCUT2D eigenvalue weighted by Gasteiger charge is -2.27. The number of H-pyrrole nitrogens is 1. The molecule has 0 aliphatic carbocycles. The van der Waals surface area contributed by atoms with E-state index < -0.39 is 4.92 Å². The molecule has 0 saturated heterocycles. The maximum atomic E-state index is 10.7. The van der Waals surface area contributed by atoms with Crippen LogP contribution in [0.2, 0.25) is 0 Å². The first kappa shape index (κ1) is 17.4. The summed E-state index contributed by atoms with van der Waals surface area (Å²) < 4.78 is 0. The summed E-state index contributed by atoms with van der Waals surface area (Å²) in [5.41, 5.74) is 5.42. The molecular weight excluding hydrogens is 344 g/mol. The number of benzene rings is 1. The average molecular weight is 366 g/mol. The maximum absolute atomic E-state index is 10.7. The highest BCUT2D eigenvalue weighted by atomic mass is 16.6. The Morgan fingerprint density at radius 1 is 1.37 bits per heavy atom. The van der Waals surface area contributed by atoms with Crippen molar-refractivity contribution in [2.75, 3.05) is 25.5 Å². The Labute approximate surface area is 156 Å². The van der Waals surface area contributed by atoms with Gasteiger partial charge in [-0.05, 0) is 24.5 Å². The standard InChI is InChI=1S/C19H22N6O2/c1-24-10-8-17-15(12-24)18(14-6-2-3-7-16(14)23-17)20-9-4-5-13-11-21-19(22-13)25(26)27/h2-3,6-7,11H,4-5,8-10,12H2,1H3,(H,20,23)(H,21,22). The molecule has 2 aromatic heterocycles.